The Morgan fingerprint density at radius 1 is 1.06 bits per heavy atom. The normalized spacial score (nSPS) is 33.6. The van der Waals surface area contributed by atoms with Gasteiger partial charge in [-0.15, -0.1) is 0 Å². The van der Waals surface area contributed by atoms with Gasteiger partial charge in [-0.1, -0.05) is 6.42 Å². The molecule has 0 saturated heterocycles. The number of hydrogen-bond acceptors (Lipinski definition) is 2. The van der Waals surface area contributed by atoms with E-state index in [-0.39, 0.29) is 5.54 Å². The fraction of sp³-hybridized carbons (Fsp3) is 1.00. The summed E-state index contributed by atoms with van der Waals surface area (Å²) in [7, 11) is 0. The lowest BCUT2D eigenvalue weighted by atomic mass is 9.89. The van der Waals surface area contributed by atoms with Gasteiger partial charge in [0.2, 0.25) is 0 Å². The fourth-order valence-corrected chi connectivity index (χ4v) is 3.44. The van der Waals surface area contributed by atoms with E-state index in [1.54, 1.807) is 0 Å². The number of nitrogens with one attached hydrogen (secondary N) is 2. The van der Waals surface area contributed by atoms with Gasteiger partial charge in [0.1, 0.15) is 0 Å². The van der Waals surface area contributed by atoms with E-state index >= 15 is 0 Å². The summed E-state index contributed by atoms with van der Waals surface area (Å²) in [6.07, 6.45) is 6.07. The van der Waals surface area contributed by atoms with Crippen molar-refractivity contribution in [3.63, 3.8) is 0 Å². The van der Waals surface area contributed by atoms with E-state index < -0.39 is 0 Å². The van der Waals surface area contributed by atoms with Gasteiger partial charge in [-0.25, -0.2) is 0 Å². The molecule has 94 valence electrons. The summed E-state index contributed by atoms with van der Waals surface area (Å²) >= 11 is 0. The Hall–Kier alpha value is -0.0800. The first kappa shape index (κ1) is 12.4. The zero-order valence-electron chi connectivity index (χ0n) is 11.2. The van der Waals surface area contributed by atoms with Crippen LogP contribution in [0.15, 0.2) is 0 Å². The molecule has 2 rings (SSSR count). The maximum atomic E-state index is 3.62. The van der Waals surface area contributed by atoms with E-state index in [1.165, 1.54) is 32.2 Å². The second-order valence-electron chi connectivity index (χ2n) is 6.82. The second kappa shape index (κ2) is 5.05. The van der Waals surface area contributed by atoms with Gasteiger partial charge >= 0.3 is 0 Å². The third-order valence-corrected chi connectivity index (χ3v) is 4.25. The molecule has 16 heavy (non-hydrogen) atoms. The number of rotatable bonds is 5. The van der Waals surface area contributed by atoms with Crippen molar-refractivity contribution in [2.45, 2.75) is 52.0 Å². The highest BCUT2D eigenvalue weighted by Crippen LogP contribution is 2.47. The van der Waals surface area contributed by atoms with Crippen molar-refractivity contribution in [2.24, 2.45) is 17.8 Å². The van der Waals surface area contributed by atoms with Crippen LogP contribution in [0.4, 0.5) is 0 Å². The van der Waals surface area contributed by atoms with Gasteiger partial charge in [-0.3, -0.25) is 0 Å². The predicted molar refractivity (Wildman–Crippen MR) is 69.6 cm³/mol. The van der Waals surface area contributed by atoms with E-state index in [0.29, 0.717) is 0 Å². The van der Waals surface area contributed by atoms with Gasteiger partial charge < -0.3 is 10.6 Å². The minimum Gasteiger partial charge on any atom is -0.315 e. The molecule has 2 saturated carbocycles. The maximum absolute atomic E-state index is 3.62. The lowest BCUT2D eigenvalue weighted by molar-refractivity contribution is 0.316. The average molecular weight is 224 g/mol. The van der Waals surface area contributed by atoms with Crippen LogP contribution >= 0.6 is 0 Å². The van der Waals surface area contributed by atoms with E-state index in [4.69, 9.17) is 0 Å². The first-order valence-corrected chi connectivity index (χ1v) is 7.00. The molecule has 3 unspecified atom stereocenters. The van der Waals surface area contributed by atoms with Crippen molar-refractivity contribution in [1.82, 2.24) is 10.6 Å². The molecule has 2 heteroatoms. The Morgan fingerprint density at radius 3 is 2.44 bits per heavy atom. The quantitative estimate of drug-likeness (QED) is 0.701. The van der Waals surface area contributed by atoms with E-state index in [2.05, 4.69) is 31.4 Å². The summed E-state index contributed by atoms with van der Waals surface area (Å²) in [6, 6.07) is 0. The summed E-state index contributed by atoms with van der Waals surface area (Å²) in [5, 5.41) is 7.14. The lowest BCUT2D eigenvalue weighted by Gasteiger charge is -2.23. The summed E-state index contributed by atoms with van der Waals surface area (Å²) in [5.74, 6) is 3.14. The number of fused-ring (bicyclic) bond motifs is 2. The molecular formula is C14H28N2. The van der Waals surface area contributed by atoms with Gasteiger partial charge in [-0.05, 0) is 64.3 Å². The van der Waals surface area contributed by atoms with Crippen molar-refractivity contribution < 1.29 is 0 Å². The van der Waals surface area contributed by atoms with Gasteiger partial charge in [0.15, 0.2) is 0 Å². The van der Waals surface area contributed by atoms with Gasteiger partial charge in [0.05, 0.1) is 0 Å². The van der Waals surface area contributed by atoms with Crippen LogP contribution in [0.3, 0.4) is 0 Å². The molecule has 0 aromatic rings. The Morgan fingerprint density at radius 2 is 1.88 bits per heavy atom. The molecule has 0 amide bonds. The molecule has 3 atom stereocenters. The second-order valence-corrected chi connectivity index (χ2v) is 6.82. The lowest BCUT2D eigenvalue weighted by Crippen LogP contribution is -2.41. The van der Waals surface area contributed by atoms with Crippen LogP contribution in [0.1, 0.15) is 46.5 Å². The molecule has 2 aliphatic rings. The third-order valence-electron chi connectivity index (χ3n) is 4.25. The van der Waals surface area contributed by atoms with Crippen molar-refractivity contribution in [3.05, 3.63) is 0 Å². The first-order chi connectivity index (χ1) is 7.54. The molecule has 0 spiro atoms. The molecule has 2 nitrogen and oxygen atoms in total. The summed E-state index contributed by atoms with van der Waals surface area (Å²) in [4.78, 5) is 0. The molecule has 0 radical (unpaired) electrons. The van der Waals surface area contributed by atoms with E-state index in [1.807, 2.05) is 0 Å². The summed E-state index contributed by atoms with van der Waals surface area (Å²) in [6.45, 7) is 10.1. The molecule has 0 aromatic heterocycles. The van der Waals surface area contributed by atoms with Crippen LogP contribution in [-0.4, -0.2) is 25.2 Å². The largest absolute Gasteiger partial charge is 0.315 e. The minimum absolute atomic E-state index is 0.258. The Bertz CT molecular complexity index is 219. The highest BCUT2D eigenvalue weighted by atomic mass is 15.0. The smallest absolute Gasteiger partial charge is 0.00970 e. The zero-order valence-corrected chi connectivity index (χ0v) is 11.2. The van der Waals surface area contributed by atoms with Crippen molar-refractivity contribution in [2.75, 3.05) is 19.6 Å². The fourth-order valence-electron chi connectivity index (χ4n) is 3.44. The highest BCUT2D eigenvalue weighted by Gasteiger charge is 2.38. The van der Waals surface area contributed by atoms with Crippen LogP contribution in [0.2, 0.25) is 0 Å². The van der Waals surface area contributed by atoms with Crippen LogP contribution in [0.5, 0.6) is 0 Å². The minimum atomic E-state index is 0.258. The van der Waals surface area contributed by atoms with E-state index in [9.17, 15) is 0 Å². The third kappa shape index (κ3) is 3.46. The maximum Gasteiger partial charge on any atom is 0.00970 e. The van der Waals surface area contributed by atoms with Crippen LogP contribution in [-0.2, 0) is 0 Å². The van der Waals surface area contributed by atoms with Crippen molar-refractivity contribution in [1.29, 1.82) is 0 Å². The Kier molecular flexibility index (Phi) is 3.91. The average Bonchev–Trinajstić information content (AvgIpc) is 2.76. The summed E-state index contributed by atoms with van der Waals surface area (Å²) in [5.41, 5.74) is 0.258. The van der Waals surface area contributed by atoms with Gasteiger partial charge in [0.25, 0.3) is 0 Å². The van der Waals surface area contributed by atoms with Crippen LogP contribution in [0, 0.1) is 17.8 Å². The van der Waals surface area contributed by atoms with Gasteiger partial charge in [-0.2, -0.15) is 0 Å². The van der Waals surface area contributed by atoms with Crippen molar-refractivity contribution >= 4 is 0 Å². The monoisotopic (exact) mass is 224 g/mol. The Balaban J connectivity index is 1.52. The highest BCUT2D eigenvalue weighted by molar-refractivity contribution is 4.90. The molecular weight excluding hydrogens is 196 g/mol. The molecule has 2 fully saturated rings. The molecule has 0 aromatic carbocycles. The molecule has 2 N–H and O–H groups in total. The zero-order chi connectivity index (χ0) is 11.6. The van der Waals surface area contributed by atoms with Crippen molar-refractivity contribution in [3.8, 4) is 0 Å². The summed E-state index contributed by atoms with van der Waals surface area (Å²) < 4.78 is 0. The number of hydrogen-bond donors (Lipinski definition) is 2. The molecule has 2 bridgehead atoms. The van der Waals surface area contributed by atoms with Crippen LogP contribution < -0.4 is 10.6 Å². The predicted octanol–water partition coefficient (Wildman–Crippen LogP) is 2.40. The molecule has 0 heterocycles. The SMILES string of the molecule is CC(C)(C)NCCNCC1CC2CCC1C2. The van der Waals surface area contributed by atoms with E-state index in [0.717, 1.165) is 30.8 Å². The topological polar surface area (TPSA) is 24.1 Å². The molecule has 0 aliphatic heterocycles. The standard InChI is InChI=1S/C14H28N2/c1-14(2,3)16-7-6-15-10-13-9-11-4-5-12(13)8-11/h11-13,15-16H,4-10H2,1-3H3. The molecule has 2 aliphatic carbocycles. The van der Waals surface area contributed by atoms with Gasteiger partial charge in [0, 0.05) is 18.6 Å². The Labute approximate surface area is 101 Å². The first-order valence-electron chi connectivity index (χ1n) is 7.00. The van der Waals surface area contributed by atoms with Crippen LogP contribution in [0.25, 0.3) is 0 Å².